The molecule has 0 radical (unpaired) electrons. The molecule has 20 heavy (non-hydrogen) atoms. The van der Waals surface area contributed by atoms with Crippen LogP contribution in [-0.2, 0) is 11.2 Å². The Bertz CT molecular complexity index is 411. The summed E-state index contributed by atoms with van der Waals surface area (Å²) in [4.78, 5) is 13.1. The van der Waals surface area contributed by atoms with Gasteiger partial charge >= 0.3 is 0 Å². The summed E-state index contributed by atoms with van der Waals surface area (Å²) >= 11 is 0. The summed E-state index contributed by atoms with van der Waals surface area (Å²) in [5, 5.41) is 19.2. The summed E-state index contributed by atoms with van der Waals surface area (Å²) in [5.74, 6) is -0.829. The number of rotatable bonds is 6. The molecule has 1 atom stereocenters. The Morgan fingerprint density at radius 1 is 1.45 bits per heavy atom. The summed E-state index contributed by atoms with van der Waals surface area (Å²) in [6.45, 7) is 4.56. The molecule has 0 aliphatic heterocycles. The highest BCUT2D eigenvalue weighted by Crippen LogP contribution is 2.10. The Morgan fingerprint density at radius 2 is 2.10 bits per heavy atom. The minimum atomic E-state index is -1.18. The number of carboxylic acid groups (broad SMARTS) is 1. The molecule has 1 rings (SSSR count). The molecule has 114 valence electrons. The first-order valence-electron chi connectivity index (χ1n) is 6.79. The summed E-state index contributed by atoms with van der Waals surface area (Å²) in [7, 11) is 0. The highest BCUT2D eigenvalue weighted by molar-refractivity contribution is 5.70. The van der Waals surface area contributed by atoms with Crippen molar-refractivity contribution in [1.29, 1.82) is 0 Å². The first kappa shape index (κ1) is 18.3. The van der Waals surface area contributed by atoms with E-state index in [-0.39, 0.29) is 0 Å². The number of aliphatic carboxylic acids is 1. The molecule has 0 fully saturated rings. The van der Waals surface area contributed by atoms with Gasteiger partial charge in [0.2, 0.25) is 5.69 Å². The largest absolute Gasteiger partial charge is 0.548 e. The van der Waals surface area contributed by atoms with Crippen molar-refractivity contribution in [2.45, 2.75) is 45.6 Å². The van der Waals surface area contributed by atoms with E-state index in [0.717, 1.165) is 30.7 Å². The van der Waals surface area contributed by atoms with Gasteiger partial charge in [0.15, 0.2) is 11.4 Å². The molecule has 6 heteroatoms. The number of carbonyl (C=O) groups is 1. The standard InChI is InChI=1S/C8H11NO.C6H14N2O2/c1-3-7-8(10)5-4-6(2)9-7;7-4-2-1-3-5(8)6(9)10/h4-5,10H,3H2,1-2H3;5H,1-4,7-8H2,(H,9,10)/t;5-/m.0/s1. The smallest absolute Gasteiger partial charge is 0.221 e. The molecule has 0 amide bonds. The Kier molecular flexibility index (Phi) is 9.32. The second-order valence-corrected chi connectivity index (χ2v) is 4.57. The third-order valence-electron chi connectivity index (χ3n) is 2.77. The number of aromatic hydroxyl groups is 1. The summed E-state index contributed by atoms with van der Waals surface area (Å²) in [6.07, 6.45) is 2.87. The van der Waals surface area contributed by atoms with Crippen LogP contribution in [-0.4, -0.2) is 23.7 Å². The minimum Gasteiger partial charge on any atom is -0.548 e. The first-order chi connectivity index (χ1) is 9.42. The van der Waals surface area contributed by atoms with Gasteiger partial charge in [-0.1, -0.05) is 13.3 Å². The lowest BCUT2D eigenvalue weighted by molar-refractivity contribution is -0.400. The lowest BCUT2D eigenvalue weighted by atomic mass is 10.1. The van der Waals surface area contributed by atoms with Crippen LogP contribution in [0.1, 0.15) is 37.6 Å². The van der Waals surface area contributed by atoms with E-state index in [1.807, 2.05) is 19.9 Å². The zero-order valence-corrected chi connectivity index (χ0v) is 12.2. The Morgan fingerprint density at radius 3 is 2.55 bits per heavy atom. The van der Waals surface area contributed by atoms with Gasteiger partial charge in [0.05, 0.1) is 5.97 Å². The van der Waals surface area contributed by atoms with Crippen molar-refractivity contribution in [1.82, 2.24) is 0 Å². The van der Waals surface area contributed by atoms with E-state index < -0.39 is 12.0 Å². The Hall–Kier alpha value is -1.66. The summed E-state index contributed by atoms with van der Waals surface area (Å²) in [5.41, 5.74) is 12.3. The molecule has 0 aliphatic rings. The molecule has 1 aromatic heterocycles. The van der Waals surface area contributed by atoms with E-state index in [1.54, 1.807) is 6.07 Å². The molecule has 1 heterocycles. The average molecular weight is 283 g/mol. The number of unbranched alkanes of at least 4 members (excludes halogenated alkanes) is 1. The van der Waals surface area contributed by atoms with Crippen LogP contribution in [0, 0.1) is 6.92 Å². The van der Waals surface area contributed by atoms with Crippen LogP contribution in [0.25, 0.3) is 0 Å². The van der Waals surface area contributed by atoms with E-state index in [4.69, 9.17) is 11.5 Å². The summed E-state index contributed by atoms with van der Waals surface area (Å²) < 4.78 is 0. The topological polar surface area (TPSA) is 127 Å². The van der Waals surface area contributed by atoms with Crippen molar-refractivity contribution in [3.63, 3.8) is 0 Å². The molecule has 0 saturated heterocycles. The van der Waals surface area contributed by atoms with Crippen LogP contribution in [0.4, 0.5) is 0 Å². The molecule has 0 spiro atoms. The van der Waals surface area contributed by atoms with Crippen molar-refractivity contribution in [2.75, 3.05) is 6.54 Å². The minimum absolute atomic E-state index is 0.355. The van der Waals surface area contributed by atoms with Crippen molar-refractivity contribution in [3.8, 4) is 5.75 Å². The summed E-state index contributed by atoms with van der Waals surface area (Å²) in [6, 6.07) is 2.74. The van der Waals surface area contributed by atoms with Crippen LogP contribution in [0.2, 0.25) is 0 Å². The van der Waals surface area contributed by atoms with Gasteiger partial charge in [-0.25, -0.2) is 4.98 Å². The number of hydrogen-bond donors (Lipinski definition) is 3. The molecule has 1 aromatic rings. The van der Waals surface area contributed by atoms with Crippen molar-refractivity contribution in [2.24, 2.45) is 11.5 Å². The van der Waals surface area contributed by atoms with Gasteiger partial charge in [-0.2, -0.15) is 0 Å². The zero-order chi connectivity index (χ0) is 15.5. The highest BCUT2D eigenvalue weighted by atomic mass is 16.4. The van der Waals surface area contributed by atoms with Gasteiger partial charge in [-0.05, 0) is 25.5 Å². The quantitative estimate of drug-likeness (QED) is 0.593. The van der Waals surface area contributed by atoms with E-state index in [0.29, 0.717) is 18.7 Å². The number of nitrogens with two attached hydrogens (primary N) is 2. The maximum Gasteiger partial charge on any atom is 0.221 e. The maximum absolute atomic E-state index is 10.0. The third-order valence-corrected chi connectivity index (χ3v) is 2.77. The van der Waals surface area contributed by atoms with Crippen LogP contribution in [0.15, 0.2) is 12.1 Å². The molecule has 6 nitrogen and oxygen atoms in total. The molecule has 6 N–H and O–H groups in total. The predicted molar refractivity (Wildman–Crippen MR) is 74.7 cm³/mol. The number of pyridine rings is 1. The van der Waals surface area contributed by atoms with Gasteiger partial charge in [0.25, 0.3) is 0 Å². The number of nitrogens with one attached hydrogen (secondary N) is 1. The van der Waals surface area contributed by atoms with E-state index in [2.05, 4.69) is 4.98 Å². The normalized spacial score (nSPS) is 11.4. The van der Waals surface area contributed by atoms with E-state index >= 15 is 0 Å². The number of aromatic amines is 1. The molecular weight excluding hydrogens is 258 g/mol. The van der Waals surface area contributed by atoms with Crippen molar-refractivity contribution in [3.05, 3.63) is 23.5 Å². The van der Waals surface area contributed by atoms with Gasteiger partial charge in [-0.3, -0.25) is 0 Å². The number of aromatic nitrogens is 1. The van der Waals surface area contributed by atoms with Gasteiger partial charge in [0.1, 0.15) is 0 Å². The number of aryl methyl sites for hydroxylation is 2. The predicted octanol–water partition coefficient (Wildman–Crippen LogP) is -0.730. The van der Waals surface area contributed by atoms with Crippen LogP contribution < -0.4 is 21.6 Å². The molecule has 0 aliphatic carbocycles. The average Bonchev–Trinajstić information content (AvgIpc) is 2.42. The molecule has 0 aromatic carbocycles. The van der Waals surface area contributed by atoms with E-state index in [1.165, 1.54) is 0 Å². The second kappa shape index (κ2) is 10.2. The fraction of sp³-hybridized carbons (Fsp3) is 0.571. The lowest BCUT2D eigenvalue weighted by Crippen LogP contribution is -2.41. The van der Waals surface area contributed by atoms with E-state index in [9.17, 15) is 15.0 Å². The molecular formula is C14H25N3O3. The molecule has 0 saturated carbocycles. The van der Waals surface area contributed by atoms with Crippen LogP contribution in [0.5, 0.6) is 5.75 Å². The molecule has 0 bridgehead atoms. The fourth-order valence-corrected chi connectivity index (χ4v) is 1.54. The van der Waals surface area contributed by atoms with Gasteiger partial charge in [-0.15, -0.1) is 0 Å². The first-order valence-corrected chi connectivity index (χ1v) is 6.79. The third kappa shape index (κ3) is 7.70. The molecule has 0 unspecified atom stereocenters. The van der Waals surface area contributed by atoms with Crippen LogP contribution in [0.3, 0.4) is 0 Å². The van der Waals surface area contributed by atoms with Crippen LogP contribution >= 0.6 is 0 Å². The second-order valence-electron chi connectivity index (χ2n) is 4.57. The van der Waals surface area contributed by atoms with Crippen molar-refractivity contribution < 1.29 is 20.0 Å². The SMILES string of the molecule is CCc1[nH+]c(C)ccc1O.NCCCC[C@H](N)C(=O)[O-]. The number of carboxylic acids is 1. The maximum atomic E-state index is 10.0. The number of carbonyl (C=O) groups excluding carboxylic acids is 1. The van der Waals surface area contributed by atoms with Crippen molar-refractivity contribution >= 4 is 5.97 Å². The highest BCUT2D eigenvalue weighted by Gasteiger charge is 2.05. The van der Waals surface area contributed by atoms with Gasteiger partial charge < -0.3 is 26.5 Å². The monoisotopic (exact) mass is 283 g/mol. The Labute approximate surface area is 119 Å². The zero-order valence-electron chi connectivity index (χ0n) is 12.2. The fourth-order valence-electron chi connectivity index (χ4n) is 1.54. The Balaban J connectivity index is 0.000000361. The number of H-pyrrole nitrogens is 1. The van der Waals surface area contributed by atoms with Gasteiger partial charge in [0, 0.05) is 25.5 Å². The lowest BCUT2D eigenvalue weighted by Gasteiger charge is -2.10. The number of hydrogen-bond acceptors (Lipinski definition) is 5.